The Morgan fingerprint density at radius 3 is 2.38 bits per heavy atom. The minimum atomic E-state index is -0.0408. The highest BCUT2D eigenvalue weighted by Crippen LogP contribution is 2.35. The van der Waals surface area contributed by atoms with Gasteiger partial charge in [-0.2, -0.15) is 0 Å². The van der Waals surface area contributed by atoms with E-state index in [0.717, 1.165) is 16.8 Å². The molecule has 0 saturated carbocycles. The number of nitrogens with two attached hydrogens (primary N) is 1. The average Bonchev–Trinajstić information content (AvgIpc) is 2.61. The molecule has 0 atom stereocenters. The van der Waals surface area contributed by atoms with Crippen LogP contribution in [0, 0.1) is 0 Å². The summed E-state index contributed by atoms with van der Waals surface area (Å²) < 4.78 is 0. The van der Waals surface area contributed by atoms with Crippen molar-refractivity contribution in [1.29, 1.82) is 0 Å². The first-order chi connectivity index (χ1) is 12.5. The molecule has 26 heavy (non-hydrogen) atoms. The minimum Gasteiger partial charge on any atom is -0.508 e. The minimum absolute atomic E-state index is 0.0408. The van der Waals surface area contributed by atoms with Gasteiger partial charge in [-0.1, -0.05) is 26.0 Å². The number of aromatic hydroxyl groups is 2. The van der Waals surface area contributed by atoms with E-state index in [9.17, 15) is 10.2 Å². The Kier molecular flexibility index (Phi) is 6.89. The van der Waals surface area contributed by atoms with Crippen molar-refractivity contribution in [1.82, 2.24) is 5.32 Å². The standard InChI is InChI=1S/C20H27N3O3/c1-13(2)16-9-17(20(26)10-19(16)25)18(11-21)23-15-5-3-14(4-6-15)12-22-7-8-24/h3-6,9-11,13,22-26H,7-8,12,21H2,1-2H3/b18-11-. The van der Waals surface area contributed by atoms with Crippen LogP contribution in [-0.4, -0.2) is 28.5 Å². The molecule has 0 spiro atoms. The van der Waals surface area contributed by atoms with E-state index in [1.807, 2.05) is 38.1 Å². The maximum atomic E-state index is 10.2. The van der Waals surface area contributed by atoms with E-state index in [0.29, 0.717) is 24.4 Å². The number of phenols is 2. The Morgan fingerprint density at radius 1 is 1.12 bits per heavy atom. The van der Waals surface area contributed by atoms with Gasteiger partial charge in [0.2, 0.25) is 0 Å². The summed E-state index contributed by atoms with van der Waals surface area (Å²) in [5, 5.41) is 35.3. The van der Waals surface area contributed by atoms with Crippen molar-refractivity contribution < 1.29 is 15.3 Å². The van der Waals surface area contributed by atoms with Crippen molar-refractivity contribution in [2.24, 2.45) is 5.73 Å². The first kappa shape index (κ1) is 19.6. The van der Waals surface area contributed by atoms with Gasteiger partial charge in [0, 0.05) is 36.6 Å². The number of benzene rings is 2. The lowest BCUT2D eigenvalue weighted by atomic mass is 9.97. The van der Waals surface area contributed by atoms with Gasteiger partial charge in [0.15, 0.2) is 0 Å². The SMILES string of the molecule is CC(C)c1cc(/C(=C/N)Nc2ccc(CNCCO)cc2)c(O)cc1O. The van der Waals surface area contributed by atoms with Crippen LogP contribution in [0.25, 0.3) is 5.70 Å². The van der Waals surface area contributed by atoms with Crippen molar-refractivity contribution in [3.05, 3.63) is 59.3 Å². The molecular formula is C20H27N3O3. The topological polar surface area (TPSA) is 111 Å². The van der Waals surface area contributed by atoms with E-state index in [1.165, 1.54) is 12.3 Å². The molecule has 0 amide bonds. The van der Waals surface area contributed by atoms with Gasteiger partial charge in [0.1, 0.15) is 11.5 Å². The molecule has 140 valence electrons. The molecule has 0 heterocycles. The lowest BCUT2D eigenvalue weighted by Gasteiger charge is -2.16. The van der Waals surface area contributed by atoms with Crippen LogP contribution < -0.4 is 16.4 Å². The summed E-state index contributed by atoms with van der Waals surface area (Å²) in [5.74, 6) is 0.136. The molecule has 0 saturated heterocycles. The Balaban J connectivity index is 2.18. The van der Waals surface area contributed by atoms with Crippen LogP contribution in [0.2, 0.25) is 0 Å². The molecule has 0 unspecified atom stereocenters. The van der Waals surface area contributed by atoms with E-state index >= 15 is 0 Å². The number of anilines is 1. The normalized spacial score (nSPS) is 11.8. The van der Waals surface area contributed by atoms with Gasteiger partial charge < -0.3 is 31.7 Å². The second-order valence-corrected chi connectivity index (χ2v) is 6.39. The molecule has 6 nitrogen and oxygen atoms in total. The van der Waals surface area contributed by atoms with E-state index in [-0.39, 0.29) is 24.0 Å². The summed E-state index contributed by atoms with van der Waals surface area (Å²) >= 11 is 0. The van der Waals surface area contributed by atoms with Gasteiger partial charge >= 0.3 is 0 Å². The maximum absolute atomic E-state index is 10.2. The second kappa shape index (κ2) is 9.12. The predicted octanol–water partition coefficient (Wildman–Crippen LogP) is 2.67. The Labute approximate surface area is 154 Å². The highest BCUT2D eigenvalue weighted by molar-refractivity contribution is 5.80. The number of phenolic OH excluding ortho intramolecular Hbond substituents is 2. The van der Waals surface area contributed by atoms with Crippen LogP contribution in [0.15, 0.2) is 42.6 Å². The molecule has 2 aromatic carbocycles. The highest BCUT2D eigenvalue weighted by Gasteiger charge is 2.14. The fourth-order valence-electron chi connectivity index (χ4n) is 2.64. The molecule has 0 bridgehead atoms. The van der Waals surface area contributed by atoms with E-state index in [2.05, 4.69) is 10.6 Å². The molecule has 0 aliphatic rings. The van der Waals surface area contributed by atoms with Gasteiger partial charge in [0.05, 0.1) is 12.3 Å². The van der Waals surface area contributed by atoms with Crippen LogP contribution in [0.1, 0.15) is 36.5 Å². The van der Waals surface area contributed by atoms with Gasteiger partial charge in [-0.3, -0.25) is 0 Å². The number of rotatable bonds is 8. The third-order valence-corrected chi connectivity index (χ3v) is 4.07. The molecule has 0 fully saturated rings. The summed E-state index contributed by atoms with van der Waals surface area (Å²) in [5.41, 5.74) is 9.51. The average molecular weight is 357 g/mol. The fourth-order valence-corrected chi connectivity index (χ4v) is 2.64. The van der Waals surface area contributed by atoms with Crippen molar-refractivity contribution in [3.63, 3.8) is 0 Å². The fraction of sp³-hybridized carbons (Fsp3) is 0.300. The summed E-state index contributed by atoms with van der Waals surface area (Å²) in [4.78, 5) is 0. The van der Waals surface area contributed by atoms with Crippen molar-refractivity contribution >= 4 is 11.4 Å². The zero-order valence-corrected chi connectivity index (χ0v) is 15.2. The predicted molar refractivity (Wildman–Crippen MR) is 105 cm³/mol. The zero-order chi connectivity index (χ0) is 19.1. The number of nitrogens with one attached hydrogen (secondary N) is 2. The second-order valence-electron chi connectivity index (χ2n) is 6.39. The molecule has 7 N–H and O–H groups in total. The van der Waals surface area contributed by atoms with Gasteiger partial charge in [-0.05, 0) is 35.2 Å². The van der Waals surface area contributed by atoms with Crippen LogP contribution >= 0.6 is 0 Å². The Morgan fingerprint density at radius 2 is 1.81 bits per heavy atom. The summed E-state index contributed by atoms with van der Waals surface area (Å²) in [7, 11) is 0. The quantitative estimate of drug-likeness (QED) is 0.405. The lowest BCUT2D eigenvalue weighted by molar-refractivity contribution is 0.292. The van der Waals surface area contributed by atoms with E-state index < -0.39 is 0 Å². The summed E-state index contributed by atoms with van der Waals surface area (Å²) in [6.07, 6.45) is 1.40. The summed E-state index contributed by atoms with van der Waals surface area (Å²) in [6, 6.07) is 10.9. The smallest absolute Gasteiger partial charge is 0.128 e. The highest BCUT2D eigenvalue weighted by atomic mass is 16.3. The molecule has 2 rings (SSSR count). The largest absolute Gasteiger partial charge is 0.508 e. The van der Waals surface area contributed by atoms with Crippen LogP contribution in [0.3, 0.4) is 0 Å². The van der Waals surface area contributed by atoms with Gasteiger partial charge in [-0.25, -0.2) is 0 Å². The maximum Gasteiger partial charge on any atom is 0.128 e. The molecule has 0 aliphatic carbocycles. The Hall–Kier alpha value is -2.70. The van der Waals surface area contributed by atoms with Crippen molar-refractivity contribution in [2.75, 3.05) is 18.5 Å². The van der Waals surface area contributed by atoms with Crippen molar-refractivity contribution in [3.8, 4) is 11.5 Å². The van der Waals surface area contributed by atoms with E-state index in [1.54, 1.807) is 6.07 Å². The van der Waals surface area contributed by atoms with Gasteiger partial charge in [0.25, 0.3) is 0 Å². The van der Waals surface area contributed by atoms with Crippen LogP contribution in [-0.2, 0) is 6.54 Å². The third kappa shape index (κ3) is 4.91. The molecule has 2 aromatic rings. The first-order valence-electron chi connectivity index (χ1n) is 8.62. The lowest BCUT2D eigenvalue weighted by Crippen LogP contribution is -2.17. The van der Waals surface area contributed by atoms with Crippen LogP contribution in [0.5, 0.6) is 11.5 Å². The molecule has 6 heteroatoms. The number of hydrogen-bond acceptors (Lipinski definition) is 6. The molecule has 0 radical (unpaired) electrons. The first-order valence-corrected chi connectivity index (χ1v) is 8.62. The molecular weight excluding hydrogens is 330 g/mol. The van der Waals surface area contributed by atoms with Crippen molar-refractivity contribution in [2.45, 2.75) is 26.3 Å². The number of hydrogen-bond donors (Lipinski definition) is 6. The molecule has 0 aromatic heterocycles. The van der Waals surface area contributed by atoms with Gasteiger partial charge in [-0.15, -0.1) is 0 Å². The Bertz CT molecular complexity index is 756. The summed E-state index contributed by atoms with van der Waals surface area (Å²) in [6.45, 7) is 5.28. The van der Waals surface area contributed by atoms with Crippen LogP contribution in [0.4, 0.5) is 5.69 Å². The monoisotopic (exact) mass is 357 g/mol. The third-order valence-electron chi connectivity index (χ3n) is 4.07. The number of aliphatic hydroxyl groups is 1. The zero-order valence-electron chi connectivity index (χ0n) is 15.2. The number of aliphatic hydroxyl groups excluding tert-OH is 1. The van der Waals surface area contributed by atoms with E-state index in [4.69, 9.17) is 10.8 Å². The molecule has 0 aliphatic heterocycles.